The summed E-state index contributed by atoms with van der Waals surface area (Å²) in [7, 11) is 3.76. The van der Waals surface area contributed by atoms with Gasteiger partial charge in [-0.1, -0.05) is 0 Å². The molecule has 0 unspecified atom stereocenters. The van der Waals surface area contributed by atoms with E-state index in [0.29, 0.717) is 5.11 Å². The van der Waals surface area contributed by atoms with Gasteiger partial charge in [-0.2, -0.15) is 0 Å². The second kappa shape index (κ2) is 6.36. The Balaban J connectivity index is 2.05. The topological polar surface area (TPSA) is 53.9 Å². The summed E-state index contributed by atoms with van der Waals surface area (Å²) in [5.41, 5.74) is 1.05. The molecule has 0 saturated carbocycles. The zero-order valence-corrected chi connectivity index (χ0v) is 9.90. The van der Waals surface area contributed by atoms with Crippen LogP contribution >= 0.6 is 12.2 Å². The summed E-state index contributed by atoms with van der Waals surface area (Å²) < 4.78 is 1.94. The SMILES string of the molecule is CNC(=S)NCCNCc1cn(C)cn1. The summed E-state index contributed by atoms with van der Waals surface area (Å²) in [6.45, 7) is 2.46. The van der Waals surface area contributed by atoms with Crippen LogP contribution in [0.1, 0.15) is 5.69 Å². The number of nitrogens with one attached hydrogen (secondary N) is 3. The summed E-state index contributed by atoms with van der Waals surface area (Å²) >= 11 is 4.94. The molecule has 1 rings (SSSR count). The highest BCUT2D eigenvalue weighted by Gasteiger charge is 1.95. The zero-order chi connectivity index (χ0) is 11.1. The number of rotatable bonds is 5. The van der Waals surface area contributed by atoms with Gasteiger partial charge >= 0.3 is 0 Å². The van der Waals surface area contributed by atoms with Gasteiger partial charge in [-0.25, -0.2) is 4.98 Å². The molecule has 1 aromatic heterocycles. The van der Waals surface area contributed by atoms with Gasteiger partial charge in [-0.05, 0) is 12.2 Å². The fourth-order valence-corrected chi connectivity index (χ4v) is 1.23. The van der Waals surface area contributed by atoms with Crippen LogP contribution in [0.3, 0.4) is 0 Å². The van der Waals surface area contributed by atoms with Crippen molar-refractivity contribution < 1.29 is 0 Å². The highest BCUT2D eigenvalue weighted by molar-refractivity contribution is 7.80. The van der Waals surface area contributed by atoms with E-state index >= 15 is 0 Å². The number of hydrogen-bond donors (Lipinski definition) is 3. The molecule has 1 aromatic rings. The Kier molecular flexibility index (Phi) is 5.06. The van der Waals surface area contributed by atoms with Crippen LogP contribution in [0, 0.1) is 0 Å². The summed E-state index contributed by atoms with van der Waals surface area (Å²) in [5, 5.41) is 9.85. The Hall–Kier alpha value is -1.14. The quantitative estimate of drug-likeness (QED) is 0.472. The van der Waals surface area contributed by atoms with E-state index in [1.807, 2.05) is 17.8 Å². The maximum absolute atomic E-state index is 4.94. The number of nitrogens with zero attached hydrogens (tertiary/aromatic N) is 2. The smallest absolute Gasteiger partial charge is 0.166 e. The minimum absolute atomic E-state index is 0.676. The Morgan fingerprint density at radius 3 is 2.93 bits per heavy atom. The van der Waals surface area contributed by atoms with Crippen molar-refractivity contribution in [2.24, 2.45) is 7.05 Å². The summed E-state index contributed by atoms with van der Waals surface area (Å²) in [6, 6.07) is 0. The zero-order valence-electron chi connectivity index (χ0n) is 9.08. The molecule has 0 radical (unpaired) electrons. The van der Waals surface area contributed by atoms with Gasteiger partial charge in [0.2, 0.25) is 0 Å². The first-order valence-corrected chi connectivity index (χ1v) is 5.26. The van der Waals surface area contributed by atoms with Gasteiger partial charge < -0.3 is 20.5 Å². The fourth-order valence-electron chi connectivity index (χ4n) is 1.13. The molecule has 0 aliphatic carbocycles. The minimum Gasteiger partial charge on any atom is -0.366 e. The van der Waals surface area contributed by atoms with E-state index in [9.17, 15) is 0 Å². The van der Waals surface area contributed by atoms with E-state index in [1.165, 1.54) is 0 Å². The van der Waals surface area contributed by atoms with Crippen molar-refractivity contribution in [1.82, 2.24) is 25.5 Å². The van der Waals surface area contributed by atoms with Crippen LogP contribution in [0.5, 0.6) is 0 Å². The number of aryl methyl sites for hydroxylation is 1. The van der Waals surface area contributed by atoms with E-state index < -0.39 is 0 Å². The predicted octanol–water partition coefficient (Wildman–Crippen LogP) is -0.396. The monoisotopic (exact) mass is 227 g/mol. The van der Waals surface area contributed by atoms with Gasteiger partial charge in [0.15, 0.2) is 5.11 Å². The highest BCUT2D eigenvalue weighted by atomic mass is 32.1. The lowest BCUT2D eigenvalue weighted by atomic mass is 10.4. The molecule has 1 heterocycles. The average Bonchev–Trinajstić information content (AvgIpc) is 2.63. The third-order valence-corrected chi connectivity index (χ3v) is 2.23. The lowest BCUT2D eigenvalue weighted by molar-refractivity contribution is 0.662. The van der Waals surface area contributed by atoms with Crippen molar-refractivity contribution in [1.29, 1.82) is 0 Å². The summed E-state index contributed by atoms with van der Waals surface area (Å²) in [4.78, 5) is 4.21. The normalized spacial score (nSPS) is 10.0. The van der Waals surface area contributed by atoms with Crippen LogP contribution in [-0.2, 0) is 13.6 Å². The first kappa shape index (κ1) is 11.9. The first-order chi connectivity index (χ1) is 7.22. The molecular weight excluding hydrogens is 210 g/mol. The molecule has 0 aromatic carbocycles. The second-order valence-electron chi connectivity index (χ2n) is 3.21. The lowest BCUT2D eigenvalue weighted by Gasteiger charge is -2.06. The van der Waals surface area contributed by atoms with Gasteiger partial charge in [0.1, 0.15) is 0 Å². The number of aromatic nitrogens is 2. The maximum atomic E-state index is 4.94. The van der Waals surface area contributed by atoms with Gasteiger partial charge in [-0.15, -0.1) is 0 Å². The largest absolute Gasteiger partial charge is 0.366 e. The van der Waals surface area contributed by atoms with Crippen LogP contribution in [0.15, 0.2) is 12.5 Å². The third kappa shape index (κ3) is 4.75. The molecule has 0 saturated heterocycles. The van der Waals surface area contributed by atoms with Gasteiger partial charge in [-0.3, -0.25) is 0 Å². The van der Waals surface area contributed by atoms with Gasteiger partial charge in [0.05, 0.1) is 12.0 Å². The molecule has 0 atom stereocenters. The van der Waals surface area contributed by atoms with E-state index in [2.05, 4.69) is 20.9 Å². The van der Waals surface area contributed by atoms with Crippen molar-refractivity contribution in [3.8, 4) is 0 Å². The molecule has 5 nitrogen and oxygen atoms in total. The third-order valence-electron chi connectivity index (χ3n) is 1.88. The standard InChI is InChI=1S/C9H17N5S/c1-10-9(15)12-4-3-11-5-8-6-14(2)7-13-8/h6-7,11H,3-5H2,1-2H3,(H2,10,12,15). The van der Waals surface area contributed by atoms with Crippen LogP contribution < -0.4 is 16.0 Å². The van der Waals surface area contributed by atoms with Crippen molar-refractivity contribution in [2.75, 3.05) is 20.1 Å². The number of imidazole rings is 1. The van der Waals surface area contributed by atoms with Crippen LogP contribution in [0.25, 0.3) is 0 Å². The highest BCUT2D eigenvalue weighted by Crippen LogP contribution is 1.91. The molecule has 0 spiro atoms. The van der Waals surface area contributed by atoms with Crippen LogP contribution in [0.2, 0.25) is 0 Å². The Labute approximate surface area is 95.3 Å². The van der Waals surface area contributed by atoms with Crippen molar-refractivity contribution in [3.63, 3.8) is 0 Å². The molecule has 0 aliphatic rings. The van der Waals surface area contributed by atoms with Gasteiger partial charge in [0.25, 0.3) is 0 Å². The Morgan fingerprint density at radius 2 is 2.33 bits per heavy atom. The molecule has 15 heavy (non-hydrogen) atoms. The summed E-state index contributed by atoms with van der Waals surface area (Å²) in [5.74, 6) is 0. The molecular formula is C9H17N5S. The molecule has 0 fully saturated rings. The lowest BCUT2D eigenvalue weighted by Crippen LogP contribution is -2.37. The van der Waals surface area contributed by atoms with E-state index in [-0.39, 0.29) is 0 Å². The van der Waals surface area contributed by atoms with Crippen LogP contribution in [0.4, 0.5) is 0 Å². The number of hydrogen-bond acceptors (Lipinski definition) is 3. The predicted molar refractivity (Wildman–Crippen MR) is 64.6 cm³/mol. The van der Waals surface area contributed by atoms with Crippen LogP contribution in [-0.4, -0.2) is 34.8 Å². The molecule has 0 amide bonds. The van der Waals surface area contributed by atoms with Crippen molar-refractivity contribution in [2.45, 2.75) is 6.54 Å². The molecule has 3 N–H and O–H groups in total. The molecule has 84 valence electrons. The van der Waals surface area contributed by atoms with Crippen molar-refractivity contribution in [3.05, 3.63) is 18.2 Å². The molecule has 0 bridgehead atoms. The molecule has 6 heteroatoms. The van der Waals surface area contributed by atoms with E-state index in [1.54, 1.807) is 13.4 Å². The van der Waals surface area contributed by atoms with E-state index in [4.69, 9.17) is 12.2 Å². The Morgan fingerprint density at radius 1 is 1.53 bits per heavy atom. The number of thiocarbonyl (C=S) groups is 1. The van der Waals surface area contributed by atoms with E-state index in [0.717, 1.165) is 25.3 Å². The second-order valence-corrected chi connectivity index (χ2v) is 3.62. The van der Waals surface area contributed by atoms with Gasteiger partial charge in [0, 0.05) is 39.9 Å². The molecule has 0 aliphatic heterocycles. The maximum Gasteiger partial charge on any atom is 0.166 e. The average molecular weight is 227 g/mol. The summed E-state index contributed by atoms with van der Waals surface area (Å²) in [6.07, 6.45) is 3.80. The van der Waals surface area contributed by atoms with Crippen molar-refractivity contribution >= 4 is 17.3 Å². The Bertz CT molecular complexity index is 309. The fraction of sp³-hybridized carbons (Fsp3) is 0.556. The first-order valence-electron chi connectivity index (χ1n) is 4.85. The minimum atomic E-state index is 0.676.